The Balaban J connectivity index is 1.76. The van der Waals surface area contributed by atoms with Crippen molar-refractivity contribution in [1.29, 1.82) is 0 Å². The molecule has 0 atom stereocenters. The van der Waals surface area contributed by atoms with E-state index in [0.717, 1.165) is 59.9 Å². The van der Waals surface area contributed by atoms with Crippen LogP contribution in [0, 0.1) is 0 Å². The van der Waals surface area contributed by atoms with Gasteiger partial charge in [-0.3, -0.25) is 4.79 Å². The topological polar surface area (TPSA) is 38.3 Å². The molecule has 3 aromatic carbocycles. The minimum atomic E-state index is -0.586. The summed E-state index contributed by atoms with van der Waals surface area (Å²) in [6.07, 6.45) is 4.85. The van der Waals surface area contributed by atoms with Gasteiger partial charge in [-0.2, -0.15) is 0 Å². The number of anilines is 1. The molecule has 0 bridgehead atoms. The molecule has 4 rings (SSSR count). The number of carbonyl (C=O) groups is 1. The maximum Gasteiger partial charge on any atom is 0.235 e. The van der Waals surface area contributed by atoms with Crippen molar-refractivity contribution in [2.45, 2.75) is 37.5 Å². The summed E-state index contributed by atoms with van der Waals surface area (Å²) in [6.45, 7) is 0. The first-order valence-corrected chi connectivity index (χ1v) is 10.2. The Morgan fingerprint density at radius 1 is 0.929 bits per heavy atom. The molecule has 28 heavy (non-hydrogen) atoms. The van der Waals surface area contributed by atoms with Gasteiger partial charge in [0.25, 0.3) is 0 Å². The highest BCUT2D eigenvalue weighted by atomic mass is 35.5. The largest absolute Gasteiger partial charge is 0.496 e. The third-order valence-electron chi connectivity index (χ3n) is 5.88. The predicted octanol–water partition coefficient (Wildman–Crippen LogP) is 6.34. The van der Waals surface area contributed by atoms with Crippen LogP contribution in [0.15, 0.2) is 60.7 Å². The van der Waals surface area contributed by atoms with Crippen molar-refractivity contribution >= 4 is 34.0 Å². The van der Waals surface area contributed by atoms with E-state index in [1.54, 1.807) is 7.11 Å². The molecule has 0 spiro atoms. The molecule has 144 valence electrons. The van der Waals surface area contributed by atoms with Crippen LogP contribution in [0.2, 0.25) is 5.02 Å². The lowest BCUT2D eigenvalue weighted by atomic mass is 9.68. The highest BCUT2D eigenvalue weighted by Crippen LogP contribution is 2.43. The molecule has 4 heteroatoms. The van der Waals surface area contributed by atoms with Gasteiger partial charge in [0.1, 0.15) is 5.75 Å². The third-order valence-corrected chi connectivity index (χ3v) is 6.21. The Bertz CT molecular complexity index is 1010. The number of methoxy groups -OCH3 is 1. The Labute approximate surface area is 170 Å². The Morgan fingerprint density at radius 3 is 2.32 bits per heavy atom. The van der Waals surface area contributed by atoms with Gasteiger partial charge in [0.2, 0.25) is 5.91 Å². The number of hydrogen-bond donors (Lipinski definition) is 1. The second-order valence-corrected chi connectivity index (χ2v) is 7.84. The van der Waals surface area contributed by atoms with E-state index in [0.29, 0.717) is 5.02 Å². The summed E-state index contributed by atoms with van der Waals surface area (Å²) in [4.78, 5) is 13.6. The lowest BCUT2D eigenvalue weighted by Gasteiger charge is -2.37. The van der Waals surface area contributed by atoms with Crippen LogP contribution in [-0.2, 0) is 10.2 Å². The standard InChI is InChI=1S/C24H24ClNO2/c1-28-22-14-13-21(17-9-3-4-10-18(17)22)26-23(27)24(15-7-2-8-16-24)19-11-5-6-12-20(19)25/h3-6,9-14H,2,7-8,15-16H2,1H3,(H,26,27). The molecule has 1 N–H and O–H groups in total. The van der Waals surface area contributed by atoms with Gasteiger partial charge in [0, 0.05) is 21.5 Å². The number of amides is 1. The molecule has 0 aliphatic heterocycles. The van der Waals surface area contributed by atoms with Gasteiger partial charge < -0.3 is 10.1 Å². The molecule has 1 amide bonds. The van der Waals surface area contributed by atoms with Crippen LogP contribution in [0.1, 0.15) is 37.7 Å². The number of nitrogens with one attached hydrogen (secondary N) is 1. The summed E-state index contributed by atoms with van der Waals surface area (Å²) in [6, 6.07) is 19.5. The highest BCUT2D eigenvalue weighted by molar-refractivity contribution is 6.32. The molecule has 0 unspecified atom stereocenters. The van der Waals surface area contributed by atoms with E-state index < -0.39 is 5.41 Å². The first kappa shape index (κ1) is 18.8. The molecule has 0 radical (unpaired) electrons. The Hall–Kier alpha value is -2.52. The third kappa shape index (κ3) is 3.24. The van der Waals surface area contributed by atoms with Gasteiger partial charge in [0.15, 0.2) is 0 Å². The van der Waals surface area contributed by atoms with Gasteiger partial charge in [-0.15, -0.1) is 0 Å². The van der Waals surface area contributed by atoms with E-state index in [1.807, 2.05) is 60.7 Å². The van der Waals surface area contributed by atoms with Crippen LogP contribution in [0.3, 0.4) is 0 Å². The van der Waals surface area contributed by atoms with Crippen LogP contribution in [0.4, 0.5) is 5.69 Å². The number of benzene rings is 3. The van der Waals surface area contributed by atoms with Crippen molar-refractivity contribution in [2.75, 3.05) is 12.4 Å². The maximum atomic E-state index is 13.6. The second-order valence-electron chi connectivity index (χ2n) is 7.44. The molecule has 3 aromatic rings. The van der Waals surface area contributed by atoms with Crippen molar-refractivity contribution in [1.82, 2.24) is 0 Å². The lowest BCUT2D eigenvalue weighted by Crippen LogP contribution is -2.42. The zero-order chi connectivity index (χ0) is 19.6. The smallest absolute Gasteiger partial charge is 0.235 e. The van der Waals surface area contributed by atoms with Gasteiger partial charge in [0.05, 0.1) is 12.5 Å². The van der Waals surface area contributed by atoms with E-state index in [4.69, 9.17) is 16.3 Å². The molecule has 0 saturated heterocycles. The Kier molecular flexibility index (Phi) is 5.27. The summed E-state index contributed by atoms with van der Waals surface area (Å²) in [5.74, 6) is 0.822. The molecule has 3 nitrogen and oxygen atoms in total. The minimum absolute atomic E-state index is 0.0237. The average Bonchev–Trinajstić information content (AvgIpc) is 2.74. The van der Waals surface area contributed by atoms with Crippen LogP contribution in [-0.4, -0.2) is 13.0 Å². The fraction of sp³-hybridized carbons (Fsp3) is 0.292. The predicted molar refractivity (Wildman–Crippen MR) is 115 cm³/mol. The summed E-state index contributed by atoms with van der Waals surface area (Å²) >= 11 is 6.53. The molecule has 1 saturated carbocycles. The van der Waals surface area contributed by atoms with Gasteiger partial charge in [-0.25, -0.2) is 0 Å². The SMILES string of the molecule is COc1ccc(NC(=O)C2(c3ccccc3Cl)CCCCC2)c2ccccc12. The van der Waals surface area contributed by atoms with E-state index in [-0.39, 0.29) is 5.91 Å². The second kappa shape index (κ2) is 7.84. The molecular weight excluding hydrogens is 370 g/mol. The van der Waals surface area contributed by atoms with E-state index in [2.05, 4.69) is 5.32 Å². The number of rotatable bonds is 4. The van der Waals surface area contributed by atoms with E-state index in [1.165, 1.54) is 0 Å². The van der Waals surface area contributed by atoms with Crippen molar-refractivity contribution in [3.63, 3.8) is 0 Å². The summed E-state index contributed by atoms with van der Waals surface area (Å²) in [5, 5.41) is 5.84. The van der Waals surface area contributed by atoms with E-state index >= 15 is 0 Å². The van der Waals surface area contributed by atoms with Crippen LogP contribution < -0.4 is 10.1 Å². The zero-order valence-corrected chi connectivity index (χ0v) is 16.8. The first-order chi connectivity index (χ1) is 13.7. The molecule has 0 heterocycles. The van der Waals surface area contributed by atoms with Crippen molar-refractivity contribution < 1.29 is 9.53 Å². The monoisotopic (exact) mass is 393 g/mol. The fourth-order valence-corrected chi connectivity index (χ4v) is 4.74. The van der Waals surface area contributed by atoms with Crippen LogP contribution >= 0.6 is 11.6 Å². The van der Waals surface area contributed by atoms with Gasteiger partial charge >= 0.3 is 0 Å². The van der Waals surface area contributed by atoms with Crippen molar-refractivity contribution in [3.8, 4) is 5.75 Å². The summed E-state index contributed by atoms with van der Waals surface area (Å²) in [5.41, 5.74) is 1.16. The lowest BCUT2D eigenvalue weighted by molar-refractivity contribution is -0.122. The fourth-order valence-electron chi connectivity index (χ4n) is 4.42. The van der Waals surface area contributed by atoms with Gasteiger partial charge in [-0.1, -0.05) is 73.3 Å². The van der Waals surface area contributed by atoms with E-state index in [9.17, 15) is 4.79 Å². The maximum absolute atomic E-state index is 13.6. The van der Waals surface area contributed by atoms with Crippen LogP contribution in [0.5, 0.6) is 5.75 Å². The Morgan fingerprint density at radius 2 is 1.61 bits per heavy atom. The summed E-state index contributed by atoms with van der Waals surface area (Å²) in [7, 11) is 1.66. The zero-order valence-electron chi connectivity index (χ0n) is 16.0. The number of hydrogen-bond acceptors (Lipinski definition) is 2. The normalized spacial score (nSPS) is 15.9. The highest BCUT2D eigenvalue weighted by Gasteiger charge is 2.42. The molecular formula is C24H24ClNO2. The molecule has 1 fully saturated rings. The molecule has 1 aliphatic rings. The molecule has 1 aliphatic carbocycles. The first-order valence-electron chi connectivity index (χ1n) is 9.78. The van der Waals surface area contributed by atoms with Gasteiger partial charge in [-0.05, 0) is 36.6 Å². The average molecular weight is 394 g/mol. The number of fused-ring (bicyclic) bond motifs is 1. The van der Waals surface area contributed by atoms with Crippen LogP contribution in [0.25, 0.3) is 10.8 Å². The van der Waals surface area contributed by atoms with Crippen molar-refractivity contribution in [3.05, 3.63) is 71.2 Å². The number of carbonyl (C=O) groups excluding carboxylic acids is 1. The number of ether oxygens (including phenoxy) is 1. The quantitative estimate of drug-likeness (QED) is 0.561. The number of halogens is 1. The summed E-state index contributed by atoms with van der Waals surface area (Å²) < 4.78 is 5.48. The van der Waals surface area contributed by atoms with Crippen molar-refractivity contribution in [2.24, 2.45) is 0 Å². The molecule has 0 aromatic heterocycles. The minimum Gasteiger partial charge on any atom is -0.496 e.